The Bertz CT molecular complexity index is 1360. The van der Waals surface area contributed by atoms with Gasteiger partial charge in [-0.1, -0.05) is 26.2 Å². The molecule has 37 heavy (non-hydrogen) atoms. The molecule has 3 heterocycles. The van der Waals surface area contributed by atoms with Gasteiger partial charge < -0.3 is 19.9 Å². The van der Waals surface area contributed by atoms with Crippen molar-refractivity contribution in [1.29, 1.82) is 0 Å². The molecule has 2 aromatic carbocycles. The molecule has 1 saturated heterocycles. The molecule has 5 rings (SSSR count). The highest BCUT2D eigenvalue weighted by molar-refractivity contribution is 6.23. The number of nitrogens with zero attached hydrogens (tertiary/aromatic N) is 2. The molecular weight excluding hydrogens is 468 g/mol. The zero-order valence-corrected chi connectivity index (χ0v) is 21.9. The summed E-state index contributed by atoms with van der Waals surface area (Å²) in [6, 6.07) is 12.2. The first kappa shape index (κ1) is 24.9. The smallest absolute Gasteiger partial charge is 0.332 e. The number of fused-ring (bicyclic) bond motifs is 5. The van der Waals surface area contributed by atoms with Crippen LogP contribution in [-0.4, -0.2) is 47.4 Å². The molecule has 1 aromatic heterocycles. The van der Waals surface area contributed by atoms with Crippen molar-refractivity contribution >= 4 is 34.4 Å². The second kappa shape index (κ2) is 9.57. The Morgan fingerprint density at radius 2 is 1.92 bits per heavy atom. The largest absolute Gasteiger partial charge is 0.497 e. The number of unbranched alkanes of at least 4 members (excludes halogenated alkanes) is 2. The summed E-state index contributed by atoms with van der Waals surface area (Å²) in [6.07, 6.45) is 4.95. The number of H-pyrrole nitrogens is 1. The molecule has 1 fully saturated rings. The maximum absolute atomic E-state index is 13.9. The monoisotopic (exact) mass is 502 g/mol. The van der Waals surface area contributed by atoms with Gasteiger partial charge in [0.2, 0.25) is 0 Å². The van der Waals surface area contributed by atoms with Crippen LogP contribution in [0.3, 0.4) is 0 Å². The van der Waals surface area contributed by atoms with Crippen molar-refractivity contribution in [2.24, 2.45) is 0 Å². The summed E-state index contributed by atoms with van der Waals surface area (Å²) in [6.45, 7) is 6.41. The van der Waals surface area contributed by atoms with Crippen molar-refractivity contribution in [3.8, 4) is 5.75 Å². The van der Waals surface area contributed by atoms with Gasteiger partial charge in [0.1, 0.15) is 5.75 Å². The molecular formula is C29H34N4O4. The number of aromatic nitrogens is 1. The van der Waals surface area contributed by atoms with Gasteiger partial charge in [-0.3, -0.25) is 9.59 Å². The molecule has 0 bridgehead atoms. The van der Waals surface area contributed by atoms with E-state index >= 15 is 0 Å². The number of ether oxygens (including phenoxy) is 1. The third-order valence-corrected chi connectivity index (χ3v) is 7.77. The number of urea groups is 1. The van der Waals surface area contributed by atoms with Crippen LogP contribution in [0.5, 0.6) is 5.75 Å². The average Bonchev–Trinajstić information content (AvgIpc) is 3.37. The van der Waals surface area contributed by atoms with Crippen molar-refractivity contribution in [2.45, 2.75) is 64.5 Å². The Labute approximate surface area is 217 Å². The third-order valence-electron chi connectivity index (χ3n) is 7.77. The third kappa shape index (κ3) is 4.04. The number of aromatic amines is 1. The Morgan fingerprint density at radius 1 is 1.16 bits per heavy atom. The van der Waals surface area contributed by atoms with E-state index in [9.17, 15) is 14.4 Å². The maximum Gasteiger partial charge on any atom is 0.332 e. The first-order chi connectivity index (χ1) is 17.8. The fourth-order valence-electron chi connectivity index (χ4n) is 5.62. The van der Waals surface area contributed by atoms with Crippen LogP contribution in [0.4, 0.5) is 10.5 Å². The van der Waals surface area contributed by atoms with Crippen LogP contribution in [0.1, 0.15) is 68.1 Å². The fraction of sp³-hybridized carbons (Fsp3) is 0.414. The predicted molar refractivity (Wildman–Crippen MR) is 143 cm³/mol. The lowest BCUT2D eigenvalue weighted by atomic mass is 9.87. The predicted octanol–water partition coefficient (Wildman–Crippen LogP) is 5.12. The van der Waals surface area contributed by atoms with Crippen molar-refractivity contribution in [3.63, 3.8) is 0 Å². The zero-order valence-electron chi connectivity index (χ0n) is 21.9. The van der Waals surface area contributed by atoms with Gasteiger partial charge in [0.05, 0.1) is 18.5 Å². The van der Waals surface area contributed by atoms with E-state index in [0.717, 1.165) is 53.6 Å². The molecule has 8 heteroatoms. The van der Waals surface area contributed by atoms with Crippen LogP contribution in [0, 0.1) is 0 Å². The molecule has 2 aliphatic heterocycles. The minimum atomic E-state index is -1.14. The molecule has 0 spiro atoms. The van der Waals surface area contributed by atoms with E-state index in [1.54, 1.807) is 43.2 Å². The van der Waals surface area contributed by atoms with Crippen LogP contribution in [0.15, 0.2) is 42.5 Å². The number of hydrogen-bond donors (Lipinski definition) is 2. The second-order valence-electron chi connectivity index (χ2n) is 10.2. The molecule has 0 unspecified atom stereocenters. The number of amides is 4. The molecule has 2 atom stereocenters. The van der Waals surface area contributed by atoms with Gasteiger partial charge in [0.15, 0.2) is 5.54 Å². The van der Waals surface area contributed by atoms with Crippen LogP contribution in [0.25, 0.3) is 10.9 Å². The van der Waals surface area contributed by atoms with Crippen LogP contribution < -0.4 is 15.0 Å². The molecule has 0 aliphatic carbocycles. The van der Waals surface area contributed by atoms with Crippen LogP contribution >= 0.6 is 0 Å². The number of rotatable bonds is 8. The van der Waals surface area contributed by atoms with Crippen molar-refractivity contribution in [3.05, 3.63) is 59.3 Å². The molecule has 194 valence electrons. The molecule has 2 N–H and O–H groups in total. The summed E-state index contributed by atoms with van der Waals surface area (Å²) in [5.74, 6) is 0.285. The highest BCUT2D eigenvalue weighted by Crippen LogP contribution is 2.45. The minimum Gasteiger partial charge on any atom is -0.497 e. The lowest BCUT2D eigenvalue weighted by Crippen LogP contribution is -2.49. The van der Waals surface area contributed by atoms with E-state index < -0.39 is 5.54 Å². The molecule has 3 aromatic rings. The number of carbonyl (C=O) groups is 3. The Morgan fingerprint density at radius 3 is 2.62 bits per heavy atom. The number of nitrogens with one attached hydrogen (secondary N) is 2. The second-order valence-corrected chi connectivity index (χ2v) is 10.2. The fourth-order valence-corrected chi connectivity index (χ4v) is 5.62. The summed E-state index contributed by atoms with van der Waals surface area (Å²) in [7, 11) is 1.63. The highest BCUT2D eigenvalue weighted by Gasteiger charge is 2.59. The van der Waals surface area contributed by atoms with Crippen LogP contribution in [-0.2, 0) is 16.8 Å². The first-order valence-electron chi connectivity index (χ1n) is 13.1. The highest BCUT2D eigenvalue weighted by atomic mass is 16.5. The van der Waals surface area contributed by atoms with Gasteiger partial charge in [-0.25, -0.2) is 9.69 Å². The van der Waals surface area contributed by atoms with E-state index in [-0.39, 0.29) is 23.9 Å². The number of anilines is 1. The summed E-state index contributed by atoms with van der Waals surface area (Å²) in [4.78, 5) is 46.3. The molecule has 0 radical (unpaired) electrons. The zero-order chi connectivity index (χ0) is 26.3. The molecule has 0 saturated carbocycles. The van der Waals surface area contributed by atoms with Gasteiger partial charge in [0.25, 0.3) is 11.8 Å². The molecule has 2 aliphatic rings. The van der Waals surface area contributed by atoms with Gasteiger partial charge in [0, 0.05) is 29.1 Å². The minimum absolute atomic E-state index is 0.0850. The van der Waals surface area contributed by atoms with Gasteiger partial charge in [-0.05, 0) is 74.7 Å². The van der Waals surface area contributed by atoms with Crippen molar-refractivity contribution in [1.82, 2.24) is 15.2 Å². The normalized spacial score (nSPS) is 19.7. The number of hydrogen-bond acceptors (Lipinski definition) is 4. The van der Waals surface area contributed by atoms with Crippen LogP contribution in [0.2, 0.25) is 0 Å². The Hall–Kier alpha value is -3.81. The quantitative estimate of drug-likeness (QED) is 0.330. The topological polar surface area (TPSA) is 94.7 Å². The first-order valence-corrected chi connectivity index (χ1v) is 13.1. The lowest BCUT2D eigenvalue weighted by Gasteiger charge is -2.35. The van der Waals surface area contributed by atoms with E-state index in [0.29, 0.717) is 24.2 Å². The number of benzene rings is 2. The van der Waals surface area contributed by atoms with E-state index in [4.69, 9.17) is 4.74 Å². The number of imide groups is 1. The van der Waals surface area contributed by atoms with Crippen molar-refractivity contribution < 1.29 is 19.1 Å². The standard InChI is InChI=1S/C29H34N4O4/c1-5-6-7-8-18(2)30-26(34)19-9-11-20(12-10-19)33-27(35)29(3)25-22(15-16-32(29)28(33)36)23-17-21(37-4)13-14-24(23)31-25/h9-14,17-18,31H,5-8,15-16H2,1-4H3,(H,30,34)/t18-,29-/m0/s1. The Balaban J connectivity index is 1.40. The van der Waals surface area contributed by atoms with Crippen molar-refractivity contribution in [2.75, 3.05) is 18.6 Å². The Kier molecular flexibility index (Phi) is 6.43. The number of methoxy groups -OCH3 is 1. The van der Waals surface area contributed by atoms with Gasteiger partial charge >= 0.3 is 6.03 Å². The summed E-state index contributed by atoms with van der Waals surface area (Å²) >= 11 is 0. The van der Waals surface area contributed by atoms with Gasteiger partial charge in [-0.15, -0.1) is 0 Å². The van der Waals surface area contributed by atoms with Gasteiger partial charge in [-0.2, -0.15) is 0 Å². The summed E-state index contributed by atoms with van der Waals surface area (Å²) < 4.78 is 5.39. The lowest BCUT2D eigenvalue weighted by molar-refractivity contribution is -0.125. The van der Waals surface area contributed by atoms with E-state index in [2.05, 4.69) is 17.2 Å². The van der Waals surface area contributed by atoms with E-state index in [1.807, 2.05) is 25.1 Å². The maximum atomic E-state index is 13.9. The SMILES string of the molecule is CCCCC[C@H](C)NC(=O)c1ccc(N2C(=O)N3CCc4c([nH]c5ccc(OC)cc45)[C@@]3(C)C2=O)cc1. The average molecular weight is 503 g/mol. The summed E-state index contributed by atoms with van der Waals surface area (Å²) in [5, 5.41) is 4.04. The molecule has 4 amide bonds. The number of carbonyl (C=O) groups excluding carboxylic acids is 3. The van der Waals surface area contributed by atoms with E-state index in [1.165, 1.54) is 4.90 Å². The molecule has 8 nitrogen and oxygen atoms in total. The summed E-state index contributed by atoms with van der Waals surface area (Å²) in [5.41, 5.74) is 2.51.